The number of rotatable bonds is 5. The number of nitrogens with zero attached hydrogens (tertiary/aromatic N) is 1. The molecule has 2 rings (SSSR count). The lowest BCUT2D eigenvalue weighted by Gasteiger charge is -2.15. The van der Waals surface area contributed by atoms with Crippen LogP contribution in [0, 0.1) is 22.7 Å². The summed E-state index contributed by atoms with van der Waals surface area (Å²) in [6.07, 6.45) is 4.77. The molecule has 0 aliphatic heterocycles. The van der Waals surface area contributed by atoms with Crippen molar-refractivity contribution >= 4 is 10.0 Å². The van der Waals surface area contributed by atoms with Crippen LogP contribution in [-0.4, -0.2) is 20.2 Å². The van der Waals surface area contributed by atoms with Crippen LogP contribution in [0.25, 0.3) is 0 Å². The molecule has 2 fully saturated rings. The van der Waals surface area contributed by atoms with Gasteiger partial charge in [0.15, 0.2) is 5.25 Å². The number of hydrogen-bond acceptors (Lipinski definition) is 3. The van der Waals surface area contributed by atoms with Crippen LogP contribution in [0.15, 0.2) is 0 Å². The van der Waals surface area contributed by atoms with E-state index < -0.39 is 15.3 Å². The highest BCUT2D eigenvalue weighted by molar-refractivity contribution is 7.90. The van der Waals surface area contributed by atoms with E-state index in [9.17, 15) is 8.42 Å². The minimum Gasteiger partial charge on any atom is -0.214 e. The first-order valence-electron chi connectivity index (χ1n) is 5.38. The summed E-state index contributed by atoms with van der Waals surface area (Å²) >= 11 is 0. The van der Waals surface area contributed by atoms with Gasteiger partial charge in [-0.25, -0.2) is 13.1 Å². The second-order valence-corrected chi connectivity index (χ2v) is 6.86. The Morgan fingerprint density at radius 2 is 2.13 bits per heavy atom. The zero-order valence-electron chi connectivity index (χ0n) is 8.86. The third-order valence-electron chi connectivity index (χ3n) is 3.61. The fourth-order valence-electron chi connectivity index (χ4n) is 2.02. The van der Waals surface area contributed by atoms with Gasteiger partial charge in [0.25, 0.3) is 0 Å². The number of nitriles is 1. The second-order valence-electron chi connectivity index (χ2n) is 4.77. The van der Waals surface area contributed by atoms with E-state index in [0.29, 0.717) is 6.54 Å². The molecular weight excluding hydrogens is 212 g/mol. The monoisotopic (exact) mass is 228 g/mol. The zero-order valence-corrected chi connectivity index (χ0v) is 9.68. The third-order valence-corrected chi connectivity index (χ3v) is 5.19. The van der Waals surface area contributed by atoms with E-state index in [0.717, 1.165) is 18.8 Å². The molecule has 0 heterocycles. The molecule has 0 radical (unpaired) electrons. The van der Waals surface area contributed by atoms with Crippen molar-refractivity contribution in [3.05, 3.63) is 0 Å². The molecule has 1 N–H and O–H groups in total. The van der Waals surface area contributed by atoms with Crippen molar-refractivity contribution in [1.82, 2.24) is 4.72 Å². The number of nitrogens with one attached hydrogen (secondary N) is 1. The number of sulfonamides is 1. The van der Waals surface area contributed by atoms with Crippen molar-refractivity contribution in [2.24, 2.45) is 11.3 Å². The molecule has 1 unspecified atom stereocenters. The highest BCUT2D eigenvalue weighted by atomic mass is 32.2. The first-order chi connectivity index (χ1) is 7.00. The Labute approximate surface area is 90.7 Å². The first-order valence-corrected chi connectivity index (χ1v) is 6.93. The second kappa shape index (κ2) is 3.46. The van der Waals surface area contributed by atoms with Gasteiger partial charge in [0.1, 0.15) is 0 Å². The Morgan fingerprint density at radius 1 is 1.53 bits per heavy atom. The van der Waals surface area contributed by atoms with Gasteiger partial charge in [-0.15, -0.1) is 0 Å². The summed E-state index contributed by atoms with van der Waals surface area (Å²) < 4.78 is 25.7. The highest BCUT2D eigenvalue weighted by Gasteiger charge is 2.53. The normalized spacial score (nSPS) is 25.6. The zero-order chi connectivity index (χ0) is 11.1. The number of hydrogen-bond donors (Lipinski definition) is 1. The predicted molar refractivity (Wildman–Crippen MR) is 56.4 cm³/mol. The Hall–Kier alpha value is -0.600. The van der Waals surface area contributed by atoms with E-state index >= 15 is 0 Å². The fraction of sp³-hybridized carbons (Fsp3) is 0.900. The molecule has 2 saturated carbocycles. The highest BCUT2D eigenvalue weighted by Crippen LogP contribution is 2.60. The molecule has 5 heteroatoms. The van der Waals surface area contributed by atoms with Crippen LogP contribution in [0.2, 0.25) is 0 Å². The topological polar surface area (TPSA) is 70.0 Å². The average Bonchev–Trinajstić information content (AvgIpc) is 3.02. The Morgan fingerprint density at radius 3 is 2.53 bits per heavy atom. The molecule has 0 aromatic carbocycles. The van der Waals surface area contributed by atoms with Gasteiger partial charge in [-0.2, -0.15) is 5.26 Å². The molecule has 0 amide bonds. The van der Waals surface area contributed by atoms with Gasteiger partial charge in [0.2, 0.25) is 10.0 Å². The van der Waals surface area contributed by atoms with Crippen LogP contribution in [-0.2, 0) is 10.0 Å². The van der Waals surface area contributed by atoms with Gasteiger partial charge in [-0.05, 0) is 43.9 Å². The Kier molecular flexibility index (Phi) is 2.52. The standard InChI is InChI=1S/C10H16N2O2S/c1-8(6-11)15(13,14)12-7-10(4-5-10)9-2-3-9/h8-9,12H,2-5,7H2,1H3. The van der Waals surface area contributed by atoms with E-state index in [4.69, 9.17) is 5.26 Å². The van der Waals surface area contributed by atoms with Crippen LogP contribution in [0.5, 0.6) is 0 Å². The van der Waals surface area contributed by atoms with Gasteiger partial charge in [-0.3, -0.25) is 0 Å². The summed E-state index contributed by atoms with van der Waals surface area (Å²) in [6.45, 7) is 1.95. The molecule has 1 atom stereocenters. The van der Waals surface area contributed by atoms with Gasteiger partial charge >= 0.3 is 0 Å². The first kappa shape index (κ1) is 10.9. The maximum absolute atomic E-state index is 11.5. The molecular formula is C10H16N2O2S. The summed E-state index contributed by atoms with van der Waals surface area (Å²) in [5, 5.41) is 7.62. The molecule has 0 saturated heterocycles. The molecule has 2 aliphatic carbocycles. The molecule has 0 aromatic heterocycles. The molecule has 4 nitrogen and oxygen atoms in total. The van der Waals surface area contributed by atoms with Crippen LogP contribution in [0.4, 0.5) is 0 Å². The van der Waals surface area contributed by atoms with Crippen LogP contribution in [0.3, 0.4) is 0 Å². The summed E-state index contributed by atoms with van der Waals surface area (Å²) in [6, 6.07) is 1.76. The maximum atomic E-state index is 11.5. The minimum atomic E-state index is -3.42. The lowest BCUT2D eigenvalue weighted by Crippen LogP contribution is -2.36. The maximum Gasteiger partial charge on any atom is 0.227 e. The third kappa shape index (κ3) is 2.16. The predicted octanol–water partition coefficient (Wildman–Crippen LogP) is 1.01. The largest absolute Gasteiger partial charge is 0.227 e. The summed E-state index contributed by atoms with van der Waals surface area (Å²) in [4.78, 5) is 0. The van der Waals surface area contributed by atoms with Crippen LogP contribution in [0.1, 0.15) is 32.6 Å². The molecule has 0 spiro atoms. The van der Waals surface area contributed by atoms with Crippen molar-refractivity contribution in [3.63, 3.8) is 0 Å². The van der Waals surface area contributed by atoms with Crippen molar-refractivity contribution in [2.45, 2.75) is 37.9 Å². The Balaban J connectivity index is 1.91. The van der Waals surface area contributed by atoms with Gasteiger partial charge in [-0.1, -0.05) is 0 Å². The van der Waals surface area contributed by atoms with Crippen molar-refractivity contribution in [3.8, 4) is 6.07 Å². The molecule has 15 heavy (non-hydrogen) atoms. The van der Waals surface area contributed by atoms with Crippen molar-refractivity contribution < 1.29 is 8.42 Å². The summed E-state index contributed by atoms with van der Waals surface area (Å²) in [7, 11) is -3.42. The van der Waals surface area contributed by atoms with E-state index in [2.05, 4.69) is 4.72 Å². The minimum absolute atomic E-state index is 0.252. The van der Waals surface area contributed by atoms with E-state index in [1.807, 2.05) is 0 Å². The van der Waals surface area contributed by atoms with E-state index in [1.54, 1.807) is 6.07 Å². The molecule has 0 aromatic rings. The van der Waals surface area contributed by atoms with Gasteiger partial charge in [0.05, 0.1) is 6.07 Å². The summed E-state index contributed by atoms with van der Waals surface area (Å²) in [5.74, 6) is 0.734. The lowest BCUT2D eigenvalue weighted by atomic mass is 10.0. The lowest BCUT2D eigenvalue weighted by molar-refractivity contribution is 0.431. The van der Waals surface area contributed by atoms with Crippen LogP contribution >= 0.6 is 0 Å². The quantitative estimate of drug-likeness (QED) is 0.763. The van der Waals surface area contributed by atoms with Crippen molar-refractivity contribution in [1.29, 1.82) is 5.26 Å². The smallest absolute Gasteiger partial charge is 0.214 e. The fourth-order valence-corrected chi connectivity index (χ4v) is 2.90. The van der Waals surface area contributed by atoms with E-state index in [-0.39, 0.29) is 5.41 Å². The Bertz CT molecular complexity index is 388. The van der Waals surface area contributed by atoms with E-state index in [1.165, 1.54) is 19.8 Å². The van der Waals surface area contributed by atoms with Crippen molar-refractivity contribution in [2.75, 3.05) is 6.54 Å². The molecule has 0 bridgehead atoms. The van der Waals surface area contributed by atoms with Gasteiger partial charge < -0.3 is 0 Å². The van der Waals surface area contributed by atoms with Gasteiger partial charge in [0, 0.05) is 6.54 Å². The SMILES string of the molecule is CC(C#N)S(=O)(=O)NCC1(C2CC2)CC1. The molecule has 84 valence electrons. The van der Waals surface area contributed by atoms with Crippen LogP contribution < -0.4 is 4.72 Å². The average molecular weight is 228 g/mol. The summed E-state index contributed by atoms with van der Waals surface area (Å²) in [5.41, 5.74) is 0.252. The molecule has 2 aliphatic rings.